The largest absolute Gasteiger partial charge is 0.491 e. The van der Waals surface area contributed by atoms with Crippen molar-refractivity contribution in [3.8, 4) is 17.1 Å². The maximum absolute atomic E-state index is 12.4. The molecule has 150 valence electrons. The highest BCUT2D eigenvalue weighted by atomic mass is 16.5. The number of amides is 2. The van der Waals surface area contributed by atoms with Crippen LogP contribution in [-0.2, 0) is 0 Å². The maximum atomic E-state index is 12.4. The monoisotopic (exact) mass is 392 g/mol. The van der Waals surface area contributed by atoms with Crippen molar-refractivity contribution in [3.05, 3.63) is 54.1 Å². The smallest absolute Gasteiger partial charge is 0.321 e. The zero-order valence-corrected chi connectivity index (χ0v) is 16.6. The van der Waals surface area contributed by atoms with E-state index in [1.807, 2.05) is 60.1 Å². The van der Waals surface area contributed by atoms with E-state index in [-0.39, 0.29) is 6.03 Å². The molecule has 0 saturated heterocycles. The summed E-state index contributed by atoms with van der Waals surface area (Å²) in [5.74, 6) is 1.60. The number of urea groups is 1. The number of carbonyl (C=O) groups is 1. The number of ether oxygens (including phenoxy) is 1. The van der Waals surface area contributed by atoms with Crippen molar-refractivity contribution in [1.29, 1.82) is 0 Å². The first-order valence-electron chi connectivity index (χ1n) is 9.70. The van der Waals surface area contributed by atoms with Gasteiger partial charge in [0.25, 0.3) is 0 Å². The van der Waals surface area contributed by atoms with Gasteiger partial charge in [-0.05, 0) is 66.1 Å². The van der Waals surface area contributed by atoms with Crippen LogP contribution in [0.2, 0.25) is 0 Å². The molecule has 1 aromatic heterocycles. The van der Waals surface area contributed by atoms with Gasteiger partial charge in [0.05, 0.1) is 12.6 Å². The molecular formula is C21H24N6O2. The van der Waals surface area contributed by atoms with Crippen LogP contribution in [0.15, 0.2) is 48.5 Å². The Morgan fingerprint density at radius 3 is 2.69 bits per heavy atom. The molecule has 1 fully saturated rings. The Balaban J connectivity index is 1.29. The Kier molecular flexibility index (Phi) is 5.41. The van der Waals surface area contributed by atoms with Gasteiger partial charge in [0.15, 0.2) is 5.82 Å². The van der Waals surface area contributed by atoms with Crippen molar-refractivity contribution >= 4 is 11.7 Å². The molecule has 0 radical (unpaired) electrons. The molecule has 1 aliphatic carbocycles. The molecule has 3 aromatic rings. The number of anilines is 1. The lowest BCUT2D eigenvalue weighted by atomic mass is 10.2. The minimum atomic E-state index is -0.186. The van der Waals surface area contributed by atoms with Gasteiger partial charge in [0.1, 0.15) is 12.4 Å². The molecule has 2 amide bonds. The van der Waals surface area contributed by atoms with E-state index in [1.165, 1.54) is 0 Å². The Morgan fingerprint density at radius 2 is 1.97 bits per heavy atom. The first kappa shape index (κ1) is 18.9. The molecule has 1 saturated carbocycles. The van der Waals surface area contributed by atoms with Gasteiger partial charge in [-0.15, -0.1) is 5.10 Å². The van der Waals surface area contributed by atoms with Gasteiger partial charge < -0.3 is 15.0 Å². The molecule has 29 heavy (non-hydrogen) atoms. The fourth-order valence-electron chi connectivity index (χ4n) is 2.98. The van der Waals surface area contributed by atoms with Gasteiger partial charge in [-0.1, -0.05) is 18.2 Å². The maximum Gasteiger partial charge on any atom is 0.321 e. The number of hydrogen-bond donors (Lipinski definition) is 1. The topological polar surface area (TPSA) is 85.2 Å². The minimum absolute atomic E-state index is 0.186. The van der Waals surface area contributed by atoms with Crippen LogP contribution in [0.25, 0.3) is 11.4 Å². The molecule has 8 nitrogen and oxygen atoms in total. The SMILES string of the molecule is Cc1ccccc1OCCN(C)C(=O)Nc1ccc(-c2nnnn2C2CC2)cc1. The van der Waals surface area contributed by atoms with Gasteiger partial charge in [0.2, 0.25) is 0 Å². The summed E-state index contributed by atoms with van der Waals surface area (Å²) in [6.07, 6.45) is 2.23. The molecule has 8 heteroatoms. The fraction of sp³-hybridized carbons (Fsp3) is 0.333. The highest BCUT2D eigenvalue weighted by molar-refractivity contribution is 5.89. The highest BCUT2D eigenvalue weighted by Crippen LogP contribution is 2.36. The van der Waals surface area contributed by atoms with E-state index in [0.29, 0.717) is 19.2 Å². The van der Waals surface area contributed by atoms with Crippen LogP contribution in [0.4, 0.5) is 10.5 Å². The molecule has 1 heterocycles. The fourth-order valence-corrected chi connectivity index (χ4v) is 2.98. The van der Waals surface area contributed by atoms with Crippen LogP contribution >= 0.6 is 0 Å². The number of nitrogens with zero attached hydrogens (tertiary/aromatic N) is 5. The number of nitrogens with one attached hydrogen (secondary N) is 1. The van der Waals surface area contributed by atoms with Crippen molar-refractivity contribution in [2.75, 3.05) is 25.5 Å². The summed E-state index contributed by atoms with van der Waals surface area (Å²) in [4.78, 5) is 14.0. The number of likely N-dealkylation sites (N-methyl/N-ethyl adjacent to an activating group) is 1. The number of aryl methyl sites for hydroxylation is 1. The second-order valence-electron chi connectivity index (χ2n) is 7.22. The quantitative estimate of drug-likeness (QED) is 0.665. The van der Waals surface area contributed by atoms with Crippen LogP contribution in [0.5, 0.6) is 5.75 Å². The summed E-state index contributed by atoms with van der Waals surface area (Å²) < 4.78 is 7.63. The highest BCUT2D eigenvalue weighted by Gasteiger charge is 2.28. The molecule has 0 aliphatic heterocycles. The Bertz CT molecular complexity index is 981. The Labute approximate surface area is 169 Å². The first-order valence-corrected chi connectivity index (χ1v) is 9.70. The number of benzene rings is 2. The van der Waals surface area contributed by atoms with Crippen LogP contribution in [-0.4, -0.2) is 51.3 Å². The van der Waals surface area contributed by atoms with Gasteiger partial charge in [-0.3, -0.25) is 0 Å². The van der Waals surface area contributed by atoms with E-state index in [0.717, 1.165) is 41.2 Å². The standard InChI is InChI=1S/C21H24N6O2/c1-15-5-3-4-6-19(15)29-14-13-26(2)21(28)22-17-9-7-16(8-10-17)20-23-24-25-27(20)18-11-12-18/h3-10,18H,11-14H2,1-2H3,(H,22,28). The first-order chi connectivity index (χ1) is 14.1. The van der Waals surface area contributed by atoms with Crippen molar-refractivity contribution < 1.29 is 9.53 Å². The molecule has 1 aliphatic rings. The summed E-state index contributed by atoms with van der Waals surface area (Å²) in [6, 6.07) is 15.6. The molecule has 2 aromatic carbocycles. The van der Waals surface area contributed by atoms with Crippen LogP contribution in [0, 0.1) is 6.92 Å². The number of aromatic nitrogens is 4. The van der Waals surface area contributed by atoms with Crippen molar-refractivity contribution in [1.82, 2.24) is 25.1 Å². The average molecular weight is 392 g/mol. The Hall–Kier alpha value is -3.42. The molecular weight excluding hydrogens is 368 g/mol. The number of rotatable bonds is 7. The van der Waals surface area contributed by atoms with Crippen LogP contribution < -0.4 is 10.1 Å². The predicted octanol–water partition coefficient (Wildman–Crippen LogP) is 3.53. The molecule has 1 N–H and O–H groups in total. The minimum Gasteiger partial charge on any atom is -0.491 e. The van der Waals surface area contributed by atoms with E-state index in [4.69, 9.17) is 4.74 Å². The molecule has 0 atom stereocenters. The third-order valence-electron chi connectivity index (χ3n) is 4.90. The second kappa shape index (κ2) is 8.30. The summed E-state index contributed by atoms with van der Waals surface area (Å²) in [6.45, 7) is 2.91. The van der Waals surface area contributed by atoms with E-state index < -0.39 is 0 Å². The van der Waals surface area contributed by atoms with Crippen molar-refractivity contribution in [2.24, 2.45) is 0 Å². The van der Waals surface area contributed by atoms with Gasteiger partial charge in [0, 0.05) is 18.3 Å². The van der Waals surface area contributed by atoms with Crippen molar-refractivity contribution in [3.63, 3.8) is 0 Å². The lowest BCUT2D eigenvalue weighted by Crippen LogP contribution is -2.34. The second-order valence-corrected chi connectivity index (χ2v) is 7.22. The zero-order valence-electron chi connectivity index (χ0n) is 16.6. The van der Waals surface area contributed by atoms with E-state index >= 15 is 0 Å². The third-order valence-corrected chi connectivity index (χ3v) is 4.90. The lowest BCUT2D eigenvalue weighted by molar-refractivity contribution is 0.207. The summed E-state index contributed by atoms with van der Waals surface area (Å²) in [7, 11) is 1.74. The summed E-state index contributed by atoms with van der Waals surface area (Å²) in [5, 5.41) is 14.9. The van der Waals surface area contributed by atoms with Gasteiger partial charge in [-0.2, -0.15) is 0 Å². The molecule has 0 spiro atoms. The average Bonchev–Trinajstić information content (AvgIpc) is 3.46. The zero-order chi connectivity index (χ0) is 20.2. The summed E-state index contributed by atoms with van der Waals surface area (Å²) >= 11 is 0. The van der Waals surface area contributed by atoms with E-state index in [2.05, 4.69) is 20.8 Å². The van der Waals surface area contributed by atoms with E-state index in [9.17, 15) is 4.79 Å². The molecule has 4 rings (SSSR count). The molecule has 0 unspecified atom stereocenters. The number of para-hydroxylation sites is 1. The lowest BCUT2D eigenvalue weighted by Gasteiger charge is -2.18. The molecule has 0 bridgehead atoms. The normalized spacial score (nSPS) is 13.2. The van der Waals surface area contributed by atoms with Crippen LogP contribution in [0.3, 0.4) is 0 Å². The third kappa shape index (κ3) is 4.53. The van der Waals surface area contributed by atoms with Gasteiger partial charge >= 0.3 is 6.03 Å². The van der Waals surface area contributed by atoms with E-state index in [1.54, 1.807) is 11.9 Å². The number of carbonyl (C=O) groups excluding carboxylic acids is 1. The van der Waals surface area contributed by atoms with Crippen LogP contribution in [0.1, 0.15) is 24.4 Å². The summed E-state index contributed by atoms with van der Waals surface area (Å²) in [5.41, 5.74) is 2.73. The van der Waals surface area contributed by atoms with Gasteiger partial charge in [-0.25, -0.2) is 9.48 Å². The number of hydrogen-bond acceptors (Lipinski definition) is 5. The number of tetrazole rings is 1. The predicted molar refractivity (Wildman–Crippen MR) is 110 cm³/mol. The Morgan fingerprint density at radius 1 is 1.21 bits per heavy atom. The van der Waals surface area contributed by atoms with Crippen molar-refractivity contribution in [2.45, 2.75) is 25.8 Å².